The minimum atomic E-state index is -0.556. The van der Waals surface area contributed by atoms with Crippen molar-refractivity contribution in [3.63, 3.8) is 0 Å². The summed E-state index contributed by atoms with van der Waals surface area (Å²) in [5, 5.41) is 0.881. The van der Waals surface area contributed by atoms with Gasteiger partial charge in [0.1, 0.15) is 6.61 Å². The second kappa shape index (κ2) is 7.92. The van der Waals surface area contributed by atoms with Crippen LogP contribution in [0.15, 0.2) is 23.8 Å². The molecule has 0 amide bonds. The molecule has 108 valence electrons. The highest BCUT2D eigenvalue weighted by molar-refractivity contribution is 6.35. The smallest absolute Gasteiger partial charge is 0.337 e. The summed E-state index contributed by atoms with van der Waals surface area (Å²) in [5.74, 6) is -1.04. The van der Waals surface area contributed by atoms with E-state index in [-0.39, 0.29) is 18.8 Å². The minimum Gasteiger partial charge on any atom is -0.463 e. The van der Waals surface area contributed by atoms with Gasteiger partial charge in [-0.2, -0.15) is 0 Å². The molecule has 0 saturated heterocycles. The second-order valence-corrected chi connectivity index (χ2v) is 4.68. The number of ether oxygens (including phenoxy) is 2. The van der Waals surface area contributed by atoms with E-state index in [0.29, 0.717) is 15.6 Å². The molecule has 0 aliphatic carbocycles. The molecular weight excluding hydrogens is 303 g/mol. The van der Waals surface area contributed by atoms with Crippen LogP contribution in [0.5, 0.6) is 0 Å². The quantitative estimate of drug-likeness (QED) is 0.616. The zero-order chi connectivity index (χ0) is 15.1. The van der Waals surface area contributed by atoms with Gasteiger partial charge < -0.3 is 9.47 Å². The molecule has 0 spiro atoms. The molecule has 0 unspecified atom stereocenters. The van der Waals surface area contributed by atoms with Crippen molar-refractivity contribution in [1.82, 2.24) is 0 Å². The van der Waals surface area contributed by atoms with E-state index in [1.54, 1.807) is 25.1 Å². The van der Waals surface area contributed by atoms with Crippen molar-refractivity contribution in [2.24, 2.45) is 0 Å². The predicted octanol–water partition coefficient (Wildman–Crippen LogP) is 3.50. The van der Waals surface area contributed by atoms with Crippen molar-refractivity contribution >= 4 is 41.2 Å². The van der Waals surface area contributed by atoms with E-state index in [0.717, 1.165) is 0 Å². The van der Waals surface area contributed by atoms with E-state index in [1.165, 1.54) is 13.0 Å². The summed E-state index contributed by atoms with van der Waals surface area (Å²) < 4.78 is 9.73. The van der Waals surface area contributed by atoms with Gasteiger partial charge in [-0.3, -0.25) is 4.79 Å². The van der Waals surface area contributed by atoms with Gasteiger partial charge in [0.05, 0.1) is 12.2 Å². The lowest BCUT2D eigenvalue weighted by atomic mass is 10.1. The van der Waals surface area contributed by atoms with Gasteiger partial charge in [-0.05, 0) is 30.7 Å². The van der Waals surface area contributed by atoms with Crippen molar-refractivity contribution in [2.75, 3.05) is 13.2 Å². The van der Waals surface area contributed by atoms with E-state index in [4.69, 9.17) is 32.7 Å². The summed E-state index contributed by atoms with van der Waals surface area (Å²) in [6.45, 7) is 3.01. The van der Waals surface area contributed by atoms with Gasteiger partial charge in [0.2, 0.25) is 0 Å². The number of esters is 2. The lowest BCUT2D eigenvalue weighted by Crippen LogP contribution is -2.14. The second-order valence-electron chi connectivity index (χ2n) is 3.84. The van der Waals surface area contributed by atoms with Crippen LogP contribution in [0.3, 0.4) is 0 Å². The fourth-order valence-corrected chi connectivity index (χ4v) is 1.83. The third kappa shape index (κ3) is 5.23. The van der Waals surface area contributed by atoms with Crippen LogP contribution in [0.1, 0.15) is 19.4 Å². The summed E-state index contributed by atoms with van der Waals surface area (Å²) in [6.07, 6.45) is 1.51. The summed E-state index contributed by atoms with van der Waals surface area (Å²) in [5.41, 5.74) is 0.789. The number of hydrogen-bond donors (Lipinski definition) is 0. The Labute approximate surface area is 127 Å². The van der Waals surface area contributed by atoms with Crippen LogP contribution in [0.25, 0.3) is 6.08 Å². The molecule has 1 aromatic rings. The van der Waals surface area contributed by atoms with Crippen molar-refractivity contribution < 1.29 is 19.1 Å². The molecule has 0 aliphatic rings. The molecule has 6 heteroatoms. The maximum Gasteiger partial charge on any atom is 0.337 e. The van der Waals surface area contributed by atoms with Crippen molar-refractivity contribution in [2.45, 2.75) is 13.8 Å². The zero-order valence-electron chi connectivity index (χ0n) is 11.1. The first-order chi connectivity index (χ1) is 9.43. The number of carbonyl (C=O) groups is 2. The van der Waals surface area contributed by atoms with Gasteiger partial charge in [0.25, 0.3) is 0 Å². The topological polar surface area (TPSA) is 52.6 Å². The summed E-state index contributed by atoms with van der Waals surface area (Å²) in [4.78, 5) is 22.6. The molecule has 1 rings (SSSR count). The monoisotopic (exact) mass is 316 g/mol. The summed E-state index contributed by atoms with van der Waals surface area (Å²) >= 11 is 11.8. The van der Waals surface area contributed by atoms with Gasteiger partial charge >= 0.3 is 11.9 Å². The third-order valence-corrected chi connectivity index (χ3v) is 2.82. The van der Waals surface area contributed by atoms with Gasteiger partial charge in [0.15, 0.2) is 0 Å². The maximum atomic E-state index is 11.8. The highest BCUT2D eigenvalue weighted by atomic mass is 35.5. The molecule has 0 aromatic heterocycles. The normalized spacial score (nSPS) is 11.1. The van der Waals surface area contributed by atoms with Crippen LogP contribution < -0.4 is 0 Å². The molecule has 4 nitrogen and oxygen atoms in total. The number of hydrogen-bond acceptors (Lipinski definition) is 4. The number of rotatable bonds is 5. The molecule has 0 radical (unpaired) electrons. The Balaban J connectivity index is 3.04. The van der Waals surface area contributed by atoms with Crippen LogP contribution in [-0.4, -0.2) is 25.2 Å². The van der Waals surface area contributed by atoms with Gasteiger partial charge in [-0.25, -0.2) is 4.79 Å². The molecule has 0 N–H and O–H groups in total. The number of halogens is 2. The van der Waals surface area contributed by atoms with Crippen molar-refractivity contribution in [3.05, 3.63) is 39.4 Å². The van der Waals surface area contributed by atoms with Crippen molar-refractivity contribution in [1.29, 1.82) is 0 Å². The van der Waals surface area contributed by atoms with Crippen LogP contribution in [0, 0.1) is 0 Å². The largest absolute Gasteiger partial charge is 0.463 e. The average Bonchev–Trinajstić information content (AvgIpc) is 2.36. The Morgan fingerprint density at radius 3 is 2.50 bits per heavy atom. The molecule has 0 bridgehead atoms. The Morgan fingerprint density at radius 2 is 1.95 bits per heavy atom. The lowest BCUT2D eigenvalue weighted by molar-refractivity contribution is -0.142. The van der Waals surface area contributed by atoms with Gasteiger partial charge in [-0.15, -0.1) is 0 Å². The Hall–Kier alpha value is -1.52. The number of carbonyl (C=O) groups excluding carboxylic acids is 2. The van der Waals surface area contributed by atoms with Crippen LogP contribution >= 0.6 is 23.2 Å². The first kappa shape index (κ1) is 16.5. The van der Waals surface area contributed by atoms with E-state index < -0.39 is 11.9 Å². The van der Waals surface area contributed by atoms with Crippen LogP contribution in [0.4, 0.5) is 0 Å². The molecule has 0 saturated carbocycles. The Morgan fingerprint density at radius 1 is 1.25 bits per heavy atom. The average molecular weight is 317 g/mol. The number of benzene rings is 1. The molecule has 0 aliphatic heterocycles. The standard InChI is InChI=1S/C14H14Cl2O4/c1-3-19-14(18)11(8-20-9(2)17)6-10-4-5-12(15)7-13(10)16/h4-7H,3,8H2,1-2H3/b11-6+. The Kier molecular flexibility index (Phi) is 6.55. The summed E-state index contributed by atoms with van der Waals surface area (Å²) in [6, 6.07) is 4.87. The van der Waals surface area contributed by atoms with E-state index in [2.05, 4.69) is 0 Å². The van der Waals surface area contributed by atoms with E-state index in [9.17, 15) is 9.59 Å². The highest BCUT2D eigenvalue weighted by Gasteiger charge is 2.13. The van der Waals surface area contributed by atoms with Gasteiger partial charge in [-0.1, -0.05) is 29.3 Å². The van der Waals surface area contributed by atoms with Gasteiger partial charge in [0, 0.05) is 17.0 Å². The fourth-order valence-electron chi connectivity index (χ4n) is 1.37. The summed E-state index contributed by atoms with van der Waals surface area (Å²) in [7, 11) is 0. The Bertz CT molecular complexity index is 538. The van der Waals surface area contributed by atoms with E-state index >= 15 is 0 Å². The third-order valence-electron chi connectivity index (χ3n) is 2.26. The maximum absolute atomic E-state index is 11.8. The van der Waals surface area contributed by atoms with Crippen molar-refractivity contribution in [3.8, 4) is 0 Å². The first-order valence-corrected chi connectivity index (χ1v) is 6.65. The highest BCUT2D eigenvalue weighted by Crippen LogP contribution is 2.23. The van der Waals surface area contributed by atoms with E-state index in [1.807, 2.05) is 0 Å². The molecule has 0 atom stereocenters. The molecule has 0 fully saturated rings. The minimum absolute atomic E-state index is 0.173. The van der Waals surface area contributed by atoms with Crippen LogP contribution in [-0.2, 0) is 19.1 Å². The SMILES string of the molecule is CCOC(=O)/C(=C/c1ccc(Cl)cc1Cl)COC(C)=O. The first-order valence-electron chi connectivity index (χ1n) is 5.90. The lowest BCUT2D eigenvalue weighted by Gasteiger charge is -2.08. The predicted molar refractivity (Wildman–Crippen MR) is 77.7 cm³/mol. The van der Waals surface area contributed by atoms with Crippen LogP contribution in [0.2, 0.25) is 10.0 Å². The fraction of sp³-hybridized carbons (Fsp3) is 0.286. The molecule has 20 heavy (non-hydrogen) atoms. The molecule has 0 heterocycles. The molecule has 1 aromatic carbocycles. The molecular formula is C14H14Cl2O4. The zero-order valence-corrected chi connectivity index (χ0v) is 12.6.